The normalized spacial score (nSPS) is 13.7. The van der Waals surface area contributed by atoms with E-state index in [1.165, 1.54) is 24.0 Å². The van der Waals surface area contributed by atoms with Crippen molar-refractivity contribution in [3.05, 3.63) is 59.8 Å². The Kier molecular flexibility index (Phi) is 3.38. The van der Waals surface area contributed by atoms with Gasteiger partial charge in [-0.25, -0.2) is 0 Å². The Morgan fingerprint density at radius 2 is 1.65 bits per heavy atom. The number of aromatic nitrogens is 3. The lowest BCUT2D eigenvalue weighted by molar-refractivity contribution is 0.111. The van der Waals surface area contributed by atoms with Crippen LogP contribution < -0.4 is 4.74 Å². The van der Waals surface area contributed by atoms with Gasteiger partial charge < -0.3 is 4.74 Å². The van der Waals surface area contributed by atoms with Gasteiger partial charge >= 0.3 is 0 Å². The first-order valence-electron chi connectivity index (χ1n) is 7.58. The lowest BCUT2D eigenvalue weighted by Gasteiger charge is -2.06. The molecule has 1 N–H and O–H groups in total. The summed E-state index contributed by atoms with van der Waals surface area (Å²) in [5.74, 6) is 1.57. The van der Waals surface area contributed by atoms with Crippen LogP contribution in [-0.2, 0) is 0 Å². The number of nitrogens with zero attached hydrogens (tertiary/aromatic N) is 2. The average molecular weight is 305 g/mol. The molecule has 1 aliphatic carbocycles. The summed E-state index contributed by atoms with van der Waals surface area (Å²) in [6.45, 7) is 0. The minimum atomic E-state index is 0.182. The van der Waals surface area contributed by atoms with Crippen molar-refractivity contribution >= 4 is 6.29 Å². The summed E-state index contributed by atoms with van der Waals surface area (Å²) in [6.07, 6.45) is 3.26. The first-order valence-corrected chi connectivity index (χ1v) is 7.58. The zero-order valence-electron chi connectivity index (χ0n) is 12.4. The highest BCUT2D eigenvalue weighted by molar-refractivity contribution is 5.75. The molecule has 114 valence electrons. The summed E-state index contributed by atoms with van der Waals surface area (Å²) < 4.78 is 5.55. The zero-order chi connectivity index (χ0) is 15.6. The van der Waals surface area contributed by atoms with Gasteiger partial charge in [0.2, 0.25) is 0 Å². The molecule has 1 aromatic heterocycles. The van der Waals surface area contributed by atoms with E-state index >= 15 is 0 Å². The summed E-state index contributed by atoms with van der Waals surface area (Å²) in [7, 11) is 0. The molecule has 4 rings (SSSR count). The second-order valence-electron chi connectivity index (χ2n) is 5.67. The molecule has 1 heterocycles. The van der Waals surface area contributed by atoms with Gasteiger partial charge in [-0.1, -0.05) is 46.7 Å². The van der Waals surface area contributed by atoms with Crippen molar-refractivity contribution in [2.45, 2.75) is 18.8 Å². The largest absolute Gasteiger partial charge is 0.436 e. The summed E-state index contributed by atoms with van der Waals surface area (Å²) >= 11 is 0. The van der Waals surface area contributed by atoms with Gasteiger partial charge in [-0.3, -0.25) is 9.89 Å². The Bertz CT molecular complexity index is 818. The van der Waals surface area contributed by atoms with Gasteiger partial charge in [-0.2, -0.15) is 0 Å². The molecule has 0 spiro atoms. The molecule has 5 heteroatoms. The van der Waals surface area contributed by atoms with E-state index in [9.17, 15) is 4.79 Å². The standard InChI is InChI=1S/C18H15N3O2/c22-11-17-18(20-21-19-17)23-16-9-7-15(8-10-16)14-5-3-13(4-6-14)12-1-2-12/h3-12H,1-2H2,(H,19,20,21). The topological polar surface area (TPSA) is 67.9 Å². The maximum atomic E-state index is 10.8. The SMILES string of the molecule is O=Cc1[nH]nnc1Oc1ccc(-c2ccc(C3CC3)cc2)cc1. The molecule has 0 aliphatic heterocycles. The van der Waals surface area contributed by atoms with Crippen molar-refractivity contribution in [1.29, 1.82) is 0 Å². The van der Waals surface area contributed by atoms with E-state index in [0.717, 1.165) is 11.5 Å². The highest BCUT2D eigenvalue weighted by atomic mass is 16.5. The quantitative estimate of drug-likeness (QED) is 0.725. The molecule has 0 atom stereocenters. The van der Waals surface area contributed by atoms with Crippen LogP contribution in [0.4, 0.5) is 0 Å². The molecule has 23 heavy (non-hydrogen) atoms. The number of ether oxygens (including phenoxy) is 1. The number of rotatable bonds is 5. The molecule has 3 aromatic rings. The lowest BCUT2D eigenvalue weighted by atomic mass is 10.0. The van der Waals surface area contributed by atoms with Gasteiger partial charge in [0.1, 0.15) is 5.75 Å². The third-order valence-corrected chi connectivity index (χ3v) is 4.02. The predicted octanol–water partition coefficient (Wildman–Crippen LogP) is 3.95. The molecule has 2 aromatic carbocycles. The Hall–Kier alpha value is -2.95. The summed E-state index contributed by atoms with van der Waals surface area (Å²) in [5.41, 5.74) is 3.96. The third kappa shape index (κ3) is 2.85. The van der Waals surface area contributed by atoms with Crippen LogP contribution in [0.1, 0.15) is 34.8 Å². The number of carbonyl (C=O) groups is 1. The summed E-state index contributed by atoms with van der Waals surface area (Å²) in [6, 6.07) is 16.4. The molecular weight excluding hydrogens is 290 g/mol. The Balaban J connectivity index is 1.52. The van der Waals surface area contributed by atoms with Crippen LogP contribution in [0, 0.1) is 0 Å². The number of benzene rings is 2. The van der Waals surface area contributed by atoms with Crippen molar-refractivity contribution in [2.24, 2.45) is 0 Å². The number of aldehydes is 1. The first kappa shape index (κ1) is 13.7. The maximum absolute atomic E-state index is 10.8. The maximum Gasteiger partial charge on any atom is 0.269 e. The van der Waals surface area contributed by atoms with Gasteiger partial charge in [-0.05, 0) is 47.6 Å². The number of H-pyrrole nitrogens is 1. The molecule has 1 aliphatic rings. The van der Waals surface area contributed by atoms with E-state index in [1.807, 2.05) is 24.3 Å². The second-order valence-corrected chi connectivity index (χ2v) is 5.67. The summed E-state index contributed by atoms with van der Waals surface area (Å²) in [4.78, 5) is 10.8. The van der Waals surface area contributed by atoms with Crippen molar-refractivity contribution in [3.8, 4) is 22.8 Å². The number of nitrogens with one attached hydrogen (secondary N) is 1. The highest BCUT2D eigenvalue weighted by Crippen LogP contribution is 2.40. The van der Waals surface area contributed by atoms with E-state index in [1.54, 1.807) is 0 Å². The Labute approximate surface area is 133 Å². The van der Waals surface area contributed by atoms with Gasteiger partial charge in [0.25, 0.3) is 5.88 Å². The van der Waals surface area contributed by atoms with Gasteiger partial charge in [0.15, 0.2) is 12.0 Å². The molecule has 1 fully saturated rings. The van der Waals surface area contributed by atoms with Gasteiger partial charge in [0, 0.05) is 0 Å². The molecule has 0 saturated heterocycles. The molecule has 0 unspecified atom stereocenters. The fourth-order valence-electron chi connectivity index (χ4n) is 2.57. The van der Waals surface area contributed by atoms with Crippen LogP contribution in [-0.4, -0.2) is 21.7 Å². The molecule has 0 amide bonds. The lowest BCUT2D eigenvalue weighted by Crippen LogP contribution is -1.89. The Morgan fingerprint density at radius 3 is 2.26 bits per heavy atom. The minimum absolute atomic E-state index is 0.182. The molecule has 1 saturated carbocycles. The van der Waals surface area contributed by atoms with Gasteiger partial charge in [0.05, 0.1) is 0 Å². The van der Waals surface area contributed by atoms with Crippen LogP contribution in [0.15, 0.2) is 48.5 Å². The number of hydrogen-bond acceptors (Lipinski definition) is 4. The van der Waals surface area contributed by atoms with Crippen LogP contribution in [0.3, 0.4) is 0 Å². The summed E-state index contributed by atoms with van der Waals surface area (Å²) in [5, 5.41) is 9.76. The molecule has 0 bridgehead atoms. The monoisotopic (exact) mass is 305 g/mol. The molecule has 0 radical (unpaired) electrons. The fourth-order valence-corrected chi connectivity index (χ4v) is 2.57. The minimum Gasteiger partial charge on any atom is -0.436 e. The first-order chi connectivity index (χ1) is 11.3. The predicted molar refractivity (Wildman–Crippen MR) is 85.7 cm³/mol. The van der Waals surface area contributed by atoms with Gasteiger partial charge in [-0.15, -0.1) is 0 Å². The average Bonchev–Trinajstić information content (AvgIpc) is 3.36. The Morgan fingerprint density at radius 1 is 1.00 bits per heavy atom. The van der Waals surface area contributed by atoms with E-state index < -0.39 is 0 Å². The van der Waals surface area contributed by atoms with Crippen LogP contribution in [0.5, 0.6) is 11.6 Å². The third-order valence-electron chi connectivity index (χ3n) is 4.02. The van der Waals surface area contributed by atoms with E-state index in [2.05, 4.69) is 39.7 Å². The van der Waals surface area contributed by atoms with Crippen molar-refractivity contribution in [3.63, 3.8) is 0 Å². The highest BCUT2D eigenvalue weighted by Gasteiger charge is 2.22. The number of aromatic amines is 1. The van der Waals surface area contributed by atoms with Crippen LogP contribution in [0.2, 0.25) is 0 Å². The zero-order valence-corrected chi connectivity index (χ0v) is 12.4. The van der Waals surface area contributed by atoms with Crippen molar-refractivity contribution in [1.82, 2.24) is 15.4 Å². The van der Waals surface area contributed by atoms with E-state index in [0.29, 0.717) is 12.0 Å². The van der Waals surface area contributed by atoms with Crippen LogP contribution >= 0.6 is 0 Å². The number of hydrogen-bond donors (Lipinski definition) is 1. The van der Waals surface area contributed by atoms with Crippen molar-refractivity contribution < 1.29 is 9.53 Å². The molecule has 5 nitrogen and oxygen atoms in total. The van der Waals surface area contributed by atoms with E-state index in [4.69, 9.17) is 4.74 Å². The second kappa shape index (κ2) is 5.68. The smallest absolute Gasteiger partial charge is 0.269 e. The van der Waals surface area contributed by atoms with Crippen LogP contribution in [0.25, 0.3) is 11.1 Å². The molecular formula is C18H15N3O2. The van der Waals surface area contributed by atoms with Crippen molar-refractivity contribution in [2.75, 3.05) is 0 Å². The number of carbonyl (C=O) groups excluding carboxylic acids is 1. The fraction of sp³-hybridized carbons (Fsp3) is 0.167. The van der Waals surface area contributed by atoms with E-state index in [-0.39, 0.29) is 11.6 Å².